The third-order valence-electron chi connectivity index (χ3n) is 3.52. The summed E-state index contributed by atoms with van der Waals surface area (Å²) in [7, 11) is 2.00. The third-order valence-corrected chi connectivity index (χ3v) is 3.52. The van der Waals surface area contributed by atoms with E-state index in [1.807, 2.05) is 13.2 Å². The molecule has 0 aliphatic rings. The number of aryl methyl sites for hydroxylation is 1. The number of ether oxygens (including phenoxy) is 1. The Kier molecular flexibility index (Phi) is 6.22. The summed E-state index contributed by atoms with van der Waals surface area (Å²) in [5.41, 5.74) is 2.55. The highest BCUT2D eigenvalue weighted by Gasteiger charge is 2.11. The maximum atomic E-state index is 5.66. The number of nitrogens with zero attached hydrogens (tertiary/aromatic N) is 1. The molecule has 1 unspecified atom stereocenters. The van der Waals surface area contributed by atoms with E-state index in [1.54, 1.807) is 6.20 Å². The van der Waals surface area contributed by atoms with Crippen molar-refractivity contribution in [2.24, 2.45) is 0 Å². The zero-order valence-electron chi connectivity index (χ0n) is 12.9. The first-order valence-corrected chi connectivity index (χ1v) is 7.62. The van der Waals surface area contributed by atoms with Crippen molar-refractivity contribution in [1.82, 2.24) is 10.3 Å². The Morgan fingerprint density at radius 1 is 1.19 bits per heavy atom. The topological polar surface area (TPSA) is 34.1 Å². The Morgan fingerprint density at radius 2 is 2.00 bits per heavy atom. The van der Waals surface area contributed by atoms with Crippen LogP contribution in [0.1, 0.15) is 36.9 Å². The van der Waals surface area contributed by atoms with Gasteiger partial charge in [-0.25, -0.2) is 0 Å². The van der Waals surface area contributed by atoms with E-state index in [0.29, 0.717) is 6.04 Å². The average Bonchev–Trinajstić information content (AvgIpc) is 2.55. The second-order valence-electron chi connectivity index (χ2n) is 5.17. The molecule has 1 atom stereocenters. The van der Waals surface area contributed by atoms with Gasteiger partial charge in [-0.2, -0.15) is 0 Å². The van der Waals surface area contributed by atoms with Crippen molar-refractivity contribution >= 4 is 0 Å². The van der Waals surface area contributed by atoms with Crippen LogP contribution >= 0.6 is 0 Å². The van der Waals surface area contributed by atoms with Crippen LogP contribution in [0.4, 0.5) is 0 Å². The van der Waals surface area contributed by atoms with Crippen molar-refractivity contribution in [2.75, 3.05) is 13.7 Å². The number of rotatable bonds is 8. The van der Waals surface area contributed by atoms with Crippen molar-refractivity contribution in [3.63, 3.8) is 0 Å². The molecular formula is C18H24N2O. The summed E-state index contributed by atoms with van der Waals surface area (Å²) in [6, 6.07) is 13.0. The van der Waals surface area contributed by atoms with Crippen LogP contribution in [0.3, 0.4) is 0 Å². The van der Waals surface area contributed by atoms with Gasteiger partial charge in [-0.15, -0.1) is 0 Å². The molecule has 3 nitrogen and oxygen atoms in total. The van der Waals surface area contributed by atoms with Gasteiger partial charge >= 0.3 is 0 Å². The van der Waals surface area contributed by atoms with Crippen LogP contribution in [0.15, 0.2) is 48.8 Å². The fraction of sp³-hybridized carbons (Fsp3) is 0.389. The number of nitrogens with one attached hydrogen (secondary N) is 1. The second-order valence-corrected chi connectivity index (χ2v) is 5.17. The number of hydrogen-bond acceptors (Lipinski definition) is 3. The lowest BCUT2D eigenvalue weighted by Gasteiger charge is -2.17. The molecule has 0 aliphatic carbocycles. The highest BCUT2D eigenvalue weighted by atomic mass is 16.5. The van der Waals surface area contributed by atoms with Crippen LogP contribution in [0.2, 0.25) is 0 Å². The molecule has 1 aromatic carbocycles. The van der Waals surface area contributed by atoms with Crippen LogP contribution in [-0.4, -0.2) is 18.6 Å². The van der Waals surface area contributed by atoms with E-state index in [9.17, 15) is 0 Å². The highest BCUT2D eigenvalue weighted by molar-refractivity contribution is 5.26. The summed E-state index contributed by atoms with van der Waals surface area (Å²) in [5.74, 6) is 0.856. The predicted octanol–water partition coefficient (Wildman–Crippen LogP) is 3.76. The number of aromatic nitrogens is 1. The van der Waals surface area contributed by atoms with Gasteiger partial charge in [0.25, 0.3) is 0 Å². The predicted molar refractivity (Wildman–Crippen MR) is 86.6 cm³/mol. The van der Waals surface area contributed by atoms with Gasteiger partial charge in [0.2, 0.25) is 0 Å². The largest absolute Gasteiger partial charge is 0.492 e. The monoisotopic (exact) mass is 284 g/mol. The molecule has 0 radical (unpaired) electrons. The van der Waals surface area contributed by atoms with Crippen LogP contribution < -0.4 is 10.1 Å². The number of hydrogen-bond donors (Lipinski definition) is 1. The van der Waals surface area contributed by atoms with E-state index in [4.69, 9.17) is 4.74 Å². The Bertz CT molecular complexity index is 528. The summed E-state index contributed by atoms with van der Waals surface area (Å²) in [6.45, 7) is 2.84. The van der Waals surface area contributed by atoms with Gasteiger partial charge in [0.05, 0.1) is 12.8 Å². The van der Waals surface area contributed by atoms with E-state index in [-0.39, 0.29) is 0 Å². The Hall–Kier alpha value is -1.87. The maximum absolute atomic E-state index is 5.66. The Morgan fingerprint density at radius 3 is 2.71 bits per heavy atom. The van der Waals surface area contributed by atoms with Gasteiger partial charge in [0.15, 0.2) is 0 Å². The molecule has 0 aliphatic heterocycles. The minimum Gasteiger partial charge on any atom is -0.492 e. The zero-order valence-corrected chi connectivity index (χ0v) is 12.9. The molecule has 1 N–H and O–H groups in total. The van der Waals surface area contributed by atoms with Crippen LogP contribution in [0, 0.1) is 0 Å². The first-order chi connectivity index (χ1) is 10.3. The molecule has 1 aromatic heterocycles. The van der Waals surface area contributed by atoms with Crippen molar-refractivity contribution in [2.45, 2.75) is 32.2 Å². The van der Waals surface area contributed by atoms with Crippen molar-refractivity contribution in [1.29, 1.82) is 0 Å². The molecule has 2 aromatic rings. The fourth-order valence-electron chi connectivity index (χ4n) is 2.36. The first kappa shape index (κ1) is 15.5. The summed E-state index contributed by atoms with van der Waals surface area (Å²) in [5, 5.41) is 3.38. The lowest BCUT2D eigenvalue weighted by Crippen LogP contribution is -2.17. The van der Waals surface area contributed by atoms with Gasteiger partial charge in [0.1, 0.15) is 5.75 Å². The Labute approximate surface area is 127 Å². The molecule has 2 rings (SSSR count). The first-order valence-electron chi connectivity index (χ1n) is 7.62. The van der Waals surface area contributed by atoms with Crippen molar-refractivity contribution < 1.29 is 4.74 Å². The van der Waals surface area contributed by atoms with Crippen LogP contribution in [0.25, 0.3) is 0 Å². The van der Waals surface area contributed by atoms with Crippen LogP contribution in [0.5, 0.6) is 5.75 Å². The number of pyridine rings is 1. The summed E-state index contributed by atoms with van der Waals surface area (Å²) < 4.78 is 5.66. The molecule has 0 bridgehead atoms. The lowest BCUT2D eigenvalue weighted by molar-refractivity contribution is 0.315. The smallest absolute Gasteiger partial charge is 0.137 e. The molecule has 112 valence electrons. The molecule has 3 heteroatoms. The van der Waals surface area contributed by atoms with E-state index < -0.39 is 0 Å². The third kappa shape index (κ3) is 4.87. The summed E-state index contributed by atoms with van der Waals surface area (Å²) in [4.78, 5) is 4.30. The van der Waals surface area contributed by atoms with E-state index >= 15 is 0 Å². The van der Waals surface area contributed by atoms with Gasteiger partial charge in [-0.3, -0.25) is 4.98 Å². The fourth-order valence-corrected chi connectivity index (χ4v) is 2.36. The standard InChI is InChI=1S/C18H24N2O/c1-3-11-21-17-12-16(13-20-14-17)18(19-2)10-9-15-7-5-4-6-8-15/h4-8,12-14,18-19H,3,9-11H2,1-2H3. The van der Waals surface area contributed by atoms with E-state index in [2.05, 4.69) is 53.6 Å². The minimum absolute atomic E-state index is 0.294. The van der Waals surface area contributed by atoms with E-state index in [1.165, 1.54) is 11.1 Å². The average molecular weight is 284 g/mol. The van der Waals surface area contributed by atoms with Crippen LogP contribution in [-0.2, 0) is 6.42 Å². The van der Waals surface area contributed by atoms with Gasteiger partial charge in [-0.1, -0.05) is 37.3 Å². The van der Waals surface area contributed by atoms with E-state index in [0.717, 1.165) is 31.6 Å². The maximum Gasteiger partial charge on any atom is 0.137 e. The highest BCUT2D eigenvalue weighted by Crippen LogP contribution is 2.22. The Balaban J connectivity index is 1.99. The molecule has 0 saturated carbocycles. The SMILES string of the molecule is CCCOc1cncc(C(CCc2ccccc2)NC)c1. The second kappa shape index (κ2) is 8.42. The van der Waals surface area contributed by atoms with Crippen molar-refractivity contribution in [3.8, 4) is 5.75 Å². The quantitative estimate of drug-likeness (QED) is 0.801. The molecule has 0 saturated heterocycles. The molecule has 1 heterocycles. The molecule has 0 spiro atoms. The molecule has 21 heavy (non-hydrogen) atoms. The van der Waals surface area contributed by atoms with Crippen molar-refractivity contribution in [3.05, 3.63) is 59.9 Å². The van der Waals surface area contributed by atoms with Gasteiger partial charge < -0.3 is 10.1 Å². The van der Waals surface area contributed by atoms with Gasteiger partial charge in [-0.05, 0) is 43.5 Å². The summed E-state index contributed by atoms with van der Waals surface area (Å²) >= 11 is 0. The molecular weight excluding hydrogens is 260 g/mol. The lowest BCUT2D eigenvalue weighted by atomic mass is 10.0. The zero-order chi connectivity index (χ0) is 14.9. The summed E-state index contributed by atoms with van der Waals surface area (Å²) in [6.07, 6.45) is 6.80. The van der Waals surface area contributed by atoms with Gasteiger partial charge in [0, 0.05) is 12.2 Å². The number of benzene rings is 1. The molecule has 0 amide bonds. The normalized spacial score (nSPS) is 12.1. The minimum atomic E-state index is 0.294. The molecule has 0 fully saturated rings.